The summed E-state index contributed by atoms with van der Waals surface area (Å²) in [6, 6.07) is -0.266. The summed E-state index contributed by atoms with van der Waals surface area (Å²) in [5, 5.41) is 9.18. The number of carboxylic acid groups (broad SMARTS) is 1. The molecule has 1 N–H and O–H groups in total. The van der Waals surface area contributed by atoms with E-state index in [0.717, 1.165) is 17.5 Å². The Bertz CT molecular complexity index is 536. The van der Waals surface area contributed by atoms with Crippen LogP contribution in [0.4, 0.5) is 0 Å². The topological polar surface area (TPSA) is 89.3 Å². The van der Waals surface area contributed by atoms with Gasteiger partial charge in [-0.1, -0.05) is 11.8 Å². The van der Waals surface area contributed by atoms with E-state index in [1.807, 2.05) is 0 Å². The summed E-state index contributed by atoms with van der Waals surface area (Å²) in [6.45, 7) is 3.56. The molecule has 102 valence electrons. The third-order valence-corrected chi connectivity index (χ3v) is 4.20. The van der Waals surface area contributed by atoms with E-state index in [1.165, 1.54) is 6.26 Å². The molecular formula is C10H16N2O4S2. The molecule has 0 aliphatic heterocycles. The normalized spacial score (nSPS) is 13.5. The van der Waals surface area contributed by atoms with E-state index in [-0.39, 0.29) is 17.5 Å². The standard InChI is InChI=1S/C10H16N2O4S2/c1-7-4-12(8(2)6-18(3,15)16)10(11-7)17-5-9(13)14/h4,8H,5-6H2,1-3H3,(H,13,14). The molecule has 1 atom stereocenters. The second-order valence-electron chi connectivity index (χ2n) is 4.20. The lowest BCUT2D eigenvalue weighted by molar-refractivity contribution is -0.133. The van der Waals surface area contributed by atoms with Crippen LogP contribution in [-0.2, 0) is 14.6 Å². The monoisotopic (exact) mass is 292 g/mol. The third kappa shape index (κ3) is 4.69. The van der Waals surface area contributed by atoms with Gasteiger partial charge >= 0.3 is 5.97 Å². The van der Waals surface area contributed by atoms with E-state index in [0.29, 0.717) is 5.16 Å². The average molecular weight is 292 g/mol. The van der Waals surface area contributed by atoms with Crippen molar-refractivity contribution in [2.24, 2.45) is 0 Å². The van der Waals surface area contributed by atoms with Crippen molar-refractivity contribution in [2.45, 2.75) is 25.0 Å². The molecule has 1 rings (SSSR count). The molecule has 0 saturated carbocycles. The molecule has 1 unspecified atom stereocenters. The van der Waals surface area contributed by atoms with E-state index in [4.69, 9.17) is 5.11 Å². The molecule has 0 amide bonds. The zero-order valence-electron chi connectivity index (χ0n) is 10.5. The van der Waals surface area contributed by atoms with Crippen molar-refractivity contribution in [3.8, 4) is 0 Å². The van der Waals surface area contributed by atoms with Gasteiger partial charge in [0.1, 0.15) is 9.84 Å². The minimum Gasteiger partial charge on any atom is -0.481 e. The first-order chi connectivity index (χ1) is 8.19. The van der Waals surface area contributed by atoms with Crippen LogP contribution in [0.2, 0.25) is 0 Å². The first-order valence-corrected chi connectivity index (χ1v) is 8.31. The van der Waals surface area contributed by atoms with Crippen LogP contribution in [0.15, 0.2) is 11.4 Å². The summed E-state index contributed by atoms with van der Waals surface area (Å²) in [7, 11) is -3.08. The molecule has 8 heteroatoms. The molecule has 6 nitrogen and oxygen atoms in total. The van der Waals surface area contributed by atoms with Crippen LogP contribution in [-0.4, -0.2) is 46.8 Å². The van der Waals surface area contributed by atoms with Crippen molar-refractivity contribution in [3.05, 3.63) is 11.9 Å². The average Bonchev–Trinajstić information content (AvgIpc) is 2.54. The second kappa shape index (κ2) is 5.75. The second-order valence-corrected chi connectivity index (χ2v) is 7.32. The lowest BCUT2D eigenvalue weighted by Crippen LogP contribution is -2.17. The Kier molecular flexibility index (Phi) is 4.80. The zero-order valence-corrected chi connectivity index (χ0v) is 12.1. The number of imidazole rings is 1. The van der Waals surface area contributed by atoms with E-state index in [9.17, 15) is 13.2 Å². The zero-order chi connectivity index (χ0) is 13.9. The quantitative estimate of drug-likeness (QED) is 0.786. The first kappa shape index (κ1) is 15.0. The molecule has 0 aromatic carbocycles. The van der Waals surface area contributed by atoms with Crippen LogP contribution < -0.4 is 0 Å². The Morgan fingerprint density at radius 1 is 1.61 bits per heavy atom. The van der Waals surface area contributed by atoms with Crippen molar-refractivity contribution in [1.29, 1.82) is 0 Å². The third-order valence-electron chi connectivity index (χ3n) is 2.16. The molecule has 18 heavy (non-hydrogen) atoms. The summed E-state index contributed by atoms with van der Waals surface area (Å²) in [5.74, 6) is -1.02. The molecule has 1 heterocycles. The van der Waals surface area contributed by atoms with Gasteiger partial charge in [-0.25, -0.2) is 13.4 Å². The number of aryl methyl sites for hydroxylation is 1. The number of sulfone groups is 1. The first-order valence-electron chi connectivity index (χ1n) is 5.27. The highest BCUT2D eigenvalue weighted by molar-refractivity contribution is 7.99. The molecule has 0 fully saturated rings. The summed E-state index contributed by atoms with van der Waals surface area (Å²) in [5.41, 5.74) is 0.739. The van der Waals surface area contributed by atoms with Gasteiger partial charge in [0, 0.05) is 18.5 Å². The predicted octanol–water partition coefficient (Wildman–Crippen LogP) is 0.974. The van der Waals surface area contributed by atoms with Crippen LogP contribution in [0.5, 0.6) is 0 Å². The van der Waals surface area contributed by atoms with Crippen LogP contribution in [0, 0.1) is 6.92 Å². The SMILES string of the molecule is Cc1cn(C(C)CS(C)(=O)=O)c(SCC(=O)O)n1. The van der Waals surface area contributed by atoms with Crippen molar-refractivity contribution in [2.75, 3.05) is 17.8 Å². The molecule has 0 radical (unpaired) electrons. The van der Waals surface area contributed by atoms with Gasteiger partial charge in [0.2, 0.25) is 0 Å². The van der Waals surface area contributed by atoms with Crippen molar-refractivity contribution < 1.29 is 18.3 Å². The van der Waals surface area contributed by atoms with Crippen LogP contribution in [0.3, 0.4) is 0 Å². The number of aromatic nitrogens is 2. The smallest absolute Gasteiger partial charge is 0.313 e. The van der Waals surface area contributed by atoms with Crippen LogP contribution >= 0.6 is 11.8 Å². The Balaban J connectivity index is 2.90. The summed E-state index contributed by atoms with van der Waals surface area (Å²) in [4.78, 5) is 14.7. The maximum atomic E-state index is 11.3. The molecule has 1 aromatic rings. The van der Waals surface area contributed by atoms with Gasteiger partial charge < -0.3 is 9.67 Å². The highest BCUT2D eigenvalue weighted by Crippen LogP contribution is 2.22. The number of hydrogen-bond acceptors (Lipinski definition) is 5. The maximum absolute atomic E-state index is 11.3. The molecule has 0 aliphatic rings. The van der Waals surface area contributed by atoms with Crippen LogP contribution in [0.25, 0.3) is 0 Å². The van der Waals surface area contributed by atoms with Gasteiger partial charge in [-0.05, 0) is 13.8 Å². The van der Waals surface area contributed by atoms with E-state index < -0.39 is 15.8 Å². The number of nitrogens with zero attached hydrogens (tertiary/aromatic N) is 2. The fourth-order valence-electron chi connectivity index (χ4n) is 1.56. The summed E-state index contributed by atoms with van der Waals surface area (Å²) in [6.07, 6.45) is 2.91. The molecule has 1 aromatic heterocycles. The van der Waals surface area contributed by atoms with E-state index >= 15 is 0 Å². The Labute approximate surface area is 110 Å². The largest absolute Gasteiger partial charge is 0.481 e. The molecule has 0 saturated heterocycles. The van der Waals surface area contributed by atoms with Gasteiger partial charge in [0.05, 0.1) is 17.2 Å². The lowest BCUT2D eigenvalue weighted by Gasteiger charge is -2.14. The summed E-state index contributed by atoms with van der Waals surface area (Å²) >= 11 is 1.09. The van der Waals surface area contributed by atoms with Gasteiger partial charge in [-0.3, -0.25) is 4.79 Å². The number of carboxylic acids is 1. The number of rotatable bonds is 6. The highest BCUT2D eigenvalue weighted by atomic mass is 32.2. The minimum absolute atomic E-state index is 0.00340. The number of aliphatic carboxylic acids is 1. The van der Waals surface area contributed by atoms with E-state index in [1.54, 1.807) is 24.6 Å². The highest BCUT2D eigenvalue weighted by Gasteiger charge is 2.17. The minimum atomic E-state index is -3.08. The van der Waals surface area contributed by atoms with Crippen molar-refractivity contribution in [3.63, 3.8) is 0 Å². The van der Waals surface area contributed by atoms with Crippen LogP contribution in [0.1, 0.15) is 18.7 Å². The predicted molar refractivity (Wildman–Crippen MR) is 69.7 cm³/mol. The number of carbonyl (C=O) groups is 1. The Morgan fingerprint density at radius 3 is 2.72 bits per heavy atom. The van der Waals surface area contributed by atoms with Gasteiger partial charge in [-0.2, -0.15) is 0 Å². The summed E-state index contributed by atoms with van der Waals surface area (Å²) < 4.78 is 24.2. The van der Waals surface area contributed by atoms with Gasteiger partial charge in [0.15, 0.2) is 5.16 Å². The number of hydrogen-bond donors (Lipinski definition) is 1. The fourth-order valence-corrected chi connectivity index (χ4v) is 3.44. The number of thioether (sulfide) groups is 1. The Hall–Kier alpha value is -1.02. The fraction of sp³-hybridized carbons (Fsp3) is 0.600. The molecule has 0 bridgehead atoms. The van der Waals surface area contributed by atoms with Gasteiger partial charge in [0.25, 0.3) is 0 Å². The van der Waals surface area contributed by atoms with Gasteiger partial charge in [-0.15, -0.1) is 0 Å². The van der Waals surface area contributed by atoms with Crippen molar-refractivity contribution >= 4 is 27.6 Å². The molecule has 0 spiro atoms. The van der Waals surface area contributed by atoms with Crippen molar-refractivity contribution in [1.82, 2.24) is 9.55 Å². The maximum Gasteiger partial charge on any atom is 0.313 e. The Morgan fingerprint density at radius 2 is 2.22 bits per heavy atom. The lowest BCUT2D eigenvalue weighted by atomic mass is 10.4. The molecular weight excluding hydrogens is 276 g/mol. The molecule has 0 aliphatic carbocycles. The van der Waals surface area contributed by atoms with E-state index in [2.05, 4.69) is 4.98 Å².